The van der Waals surface area contributed by atoms with Gasteiger partial charge in [-0.05, 0) is 42.0 Å². The number of ether oxygens (including phenoxy) is 1. The summed E-state index contributed by atoms with van der Waals surface area (Å²) in [5.41, 5.74) is 5.05. The lowest BCUT2D eigenvalue weighted by Crippen LogP contribution is -2.42. The molecule has 0 spiro atoms. The fourth-order valence-electron chi connectivity index (χ4n) is 4.88. The first kappa shape index (κ1) is 23.0. The number of fused-ring (bicyclic) bond motifs is 3. The van der Waals surface area contributed by atoms with Crippen molar-refractivity contribution in [3.63, 3.8) is 0 Å². The predicted octanol–water partition coefficient (Wildman–Crippen LogP) is 4.75. The van der Waals surface area contributed by atoms with Crippen molar-refractivity contribution in [3.05, 3.63) is 70.2 Å². The average Bonchev–Trinajstić information content (AvgIpc) is 3.39. The second-order valence-electron chi connectivity index (χ2n) is 8.81. The lowest BCUT2D eigenvalue weighted by atomic mass is 9.98. The summed E-state index contributed by atoms with van der Waals surface area (Å²) < 4.78 is 5.57. The number of nitrogens with zero attached hydrogens (tertiary/aromatic N) is 2. The number of likely N-dealkylation sites (tertiary alicyclic amines) is 1. The van der Waals surface area contributed by atoms with Crippen LogP contribution in [-0.2, 0) is 9.53 Å². The Morgan fingerprint density at radius 1 is 1.11 bits per heavy atom. The molecule has 1 saturated heterocycles. The Labute approximate surface area is 206 Å². The minimum absolute atomic E-state index is 0.0513. The van der Waals surface area contributed by atoms with Gasteiger partial charge in [0.1, 0.15) is 11.5 Å². The molecule has 0 bridgehead atoms. The quantitative estimate of drug-likeness (QED) is 0.533. The smallest absolute Gasteiger partial charge is 0.413 e. The van der Waals surface area contributed by atoms with Crippen molar-refractivity contribution in [2.75, 3.05) is 25.0 Å². The second-order valence-corrected chi connectivity index (χ2v) is 9.81. The number of nitrogens with one attached hydrogen (secondary N) is 1. The molecule has 1 aliphatic carbocycles. The van der Waals surface area contributed by atoms with E-state index in [0.29, 0.717) is 30.0 Å². The van der Waals surface area contributed by atoms with E-state index in [2.05, 4.69) is 34.6 Å². The molecule has 9 heteroatoms. The fraction of sp³-hybridized carbons (Fsp3) is 0.308. The van der Waals surface area contributed by atoms with E-state index in [1.54, 1.807) is 11.8 Å². The highest BCUT2D eigenvalue weighted by Crippen LogP contribution is 2.44. The number of aliphatic carboxylic acids is 1. The van der Waals surface area contributed by atoms with Crippen LogP contribution in [-0.4, -0.2) is 52.7 Å². The van der Waals surface area contributed by atoms with Crippen molar-refractivity contribution in [3.8, 4) is 11.1 Å². The maximum Gasteiger partial charge on any atom is 0.413 e. The Morgan fingerprint density at radius 3 is 2.43 bits per heavy atom. The maximum absolute atomic E-state index is 13.0. The summed E-state index contributed by atoms with van der Waals surface area (Å²) in [6.45, 7) is 2.57. The van der Waals surface area contributed by atoms with E-state index >= 15 is 0 Å². The molecule has 2 N–H and O–H groups in total. The summed E-state index contributed by atoms with van der Waals surface area (Å²) in [5.74, 6) is -1.75. The molecule has 3 aromatic rings. The number of hydrogen-bond acceptors (Lipinski definition) is 6. The zero-order valence-corrected chi connectivity index (χ0v) is 20.0. The first-order valence-electron chi connectivity index (χ1n) is 11.5. The lowest BCUT2D eigenvalue weighted by molar-refractivity contribution is -0.143. The van der Waals surface area contributed by atoms with Gasteiger partial charge in [-0.2, -0.15) is 0 Å². The molecule has 180 valence electrons. The number of thiazole rings is 1. The maximum atomic E-state index is 13.0. The highest BCUT2D eigenvalue weighted by Gasteiger charge is 2.31. The van der Waals surface area contributed by atoms with Gasteiger partial charge in [0.2, 0.25) is 0 Å². The van der Waals surface area contributed by atoms with E-state index in [1.165, 1.54) is 0 Å². The Bertz CT molecular complexity index is 1260. The Balaban J connectivity index is 1.24. The first-order valence-corrected chi connectivity index (χ1v) is 12.4. The minimum Gasteiger partial charge on any atom is -0.481 e. The lowest BCUT2D eigenvalue weighted by Gasteiger charge is -2.30. The van der Waals surface area contributed by atoms with Crippen LogP contribution in [0, 0.1) is 12.8 Å². The number of hydrogen-bond donors (Lipinski definition) is 2. The summed E-state index contributed by atoms with van der Waals surface area (Å²) in [6.07, 6.45) is 0.573. The minimum atomic E-state index is -0.888. The molecule has 2 amide bonds. The van der Waals surface area contributed by atoms with Crippen LogP contribution in [0.2, 0.25) is 0 Å². The number of carboxylic acids is 1. The van der Waals surface area contributed by atoms with Crippen LogP contribution in [0.5, 0.6) is 0 Å². The normalized spacial score (nSPS) is 16.9. The summed E-state index contributed by atoms with van der Waals surface area (Å²) >= 11 is 1.07. The molecule has 1 aliphatic heterocycles. The summed E-state index contributed by atoms with van der Waals surface area (Å²) in [4.78, 5) is 43.2. The van der Waals surface area contributed by atoms with Crippen molar-refractivity contribution in [2.24, 2.45) is 5.92 Å². The summed E-state index contributed by atoms with van der Waals surface area (Å²) in [7, 11) is 0. The van der Waals surface area contributed by atoms with Gasteiger partial charge in [-0.1, -0.05) is 59.9 Å². The van der Waals surface area contributed by atoms with Gasteiger partial charge in [-0.15, -0.1) is 0 Å². The first-order chi connectivity index (χ1) is 16.9. The molecule has 5 rings (SSSR count). The number of piperidine rings is 1. The van der Waals surface area contributed by atoms with Gasteiger partial charge < -0.3 is 14.7 Å². The Morgan fingerprint density at radius 2 is 1.77 bits per heavy atom. The van der Waals surface area contributed by atoms with Gasteiger partial charge in [0.25, 0.3) is 5.91 Å². The zero-order valence-electron chi connectivity index (χ0n) is 19.2. The fourth-order valence-corrected chi connectivity index (χ4v) is 5.80. The van der Waals surface area contributed by atoms with Gasteiger partial charge in [-0.3, -0.25) is 14.9 Å². The third-order valence-corrected chi connectivity index (χ3v) is 7.66. The number of carboxylic acid groups (broad SMARTS) is 1. The molecule has 1 aromatic heterocycles. The second kappa shape index (κ2) is 9.50. The molecule has 2 aliphatic rings. The van der Waals surface area contributed by atoms with E-state index < -0.39 is 18.0 Å². The monoisotopic (exact) mass is 491 g/mol. The molecule has 1 fully saturated rings. The van der Waals surface area contributed by atoms with Crippen molar-refractivity contribution in [2.45, 2.75) is 25.7 Å². The van der Waals surface area contributed by atoms with Crippen LogP contribution in [0.3, 0.4) is 0 Å². The van der Waals surface area contributed by atoms with Crippen molar-refractivity contribution >= 4 is 34.4 Å². The number of benzene rings is 2. The average molecular weight is 492 g/mol. The Hall–Kier alpha value is -3.72. The van der Waals surface area contributed by atoms with Gasteiger partial charge in [-0.25, -0.2) is 9.78 Å². The van der Waals surface area contributed by atoms with Crippen molar-refractivity contribution in [1.82, 2.24) is 9.88 Å². The number of carbonyl (C=O) groups excluding carboxylic acids is 2. The number of rotatable bonds is 5. The number of carbonyl (C=O) groups is 3. The molecular weight excluding hydrogens is 466 g/mol. The summed E-state index contributed by atoms with van der Waals surface area (Å²) in [5, 5.41) is 12.2. The molecule has 0 radical (unpaired) electrons. The van der Waals surface area contributed by atoms with Crippen LogP contribution >= 0.6 is 11.3 Å². The van der Waals surface area contributed by atoms with Gasteiger partial charge in [0, 0.05) is 19.0 Å². The number of aryl methyl sites for hydroxylation is 1. The van der Waals surface area contributed by atoms with Crippen LogP contribution in [0.25, 0.3) is 11.1 Å². The van der Waals surface area contributed by atoms with E-state index in [4.69, 9.17) is 4.74 Å². The highest BCUT2D eigenvalue weighted by molar-refractivity contribution is 7.17. The summed E-state index contributed by atoms with van der Waals surface area (Å²) in [6, 6.07) is 16.2. The highest BCUT2D eigenvalue weighted by atomic mass is 32.1. The number of amides is 2. The standard InChI is InChI=1S/C26H25N3O5S/c1-15-22(23(30)29-12-6-7-16(13-29)24(31)32)35-25(27-15)28-26(33)34-14-21-19-10-4-2-8-17(19)18-9-3-5-11-20(18)21/h2-5,8-11,16,21H,6-7,12-14H2,1H3,(H,31,32)(H,27,28,33)/t16-/m1/s1. The van der Waals surface area contributed by atoms with E-state index in [1.807, 2.05) is 24.3 Å². The third-order valence-electron chi connectivity index (χ3n) is 6.60. The van der Waals surface area contributed by atoms with Crippen LogP contribution in [0.15, 0.2) is 48.5 Å². The molecule has 0 saturated carbocycles. The molecular formula is C26H25N3O5S. The number of aromatic nitrogens is 1. The SMILES string of the molecule is Cc1nc(NC(=O)OCC2c3ccccc3-c3ccccc32)sc1C(=O)N1CCC[C@@H](C(=O)O)C1. The molecule has 2 heterocycles. The molecule has 8 nitrogen and oxygen atoms in total. The van der Waals surface area contributed by atoms with Gasteiger partial charge >= 0.3 is 12.1 Å². The van der Waals surface area contributed by atoms with Gasteiger partial charge in [0.05, 0.1) is 11.6 Å². The van der Waals surface area contributed by atoms with Crippen LogP contribution < -0.4 is 5.32 Å². The largest absolute Gasteiger partial charge is 0.481 e. The van der Waals surface area contributed by atoms with Crippen molar-refractivity contribution < 1.29 is 24.2 Å². The van der Waals surface area contributed by atoms with Crippen molar-refractivity contribution in [1.29, 1.82) is 0 Å². The third kappa shape index (κ3) is 4.51. The topological polar surface area (TPSA) is 109 Å². The van der Waals surface area contributed by atoms with E-state index in [-0.39, 0.29) is 30.1 Å². The molecule has 35 heavy (non-hydrogen) atoms. The van der Waals surface area contributed by atoms with E-state index in [0.717, 1.165) is 33.6 Å². The number of anilines is 1. The molecule has 0 unspecified atom stereocenters. The molecule has 1 atom stereocenters. The van der Waals surface area contributed by atoms with Gasteiger partial charge in [0.15, 0.2) is 5.13 Å². The Kier molecular flexibility index (Phi) is 6.25. The van der Waals surface area contributed by atoms with E-state index in [9.17, 15) is 19.5 Å². The van der Waals surface area contributed by atoms with Crippen LogP contribution in [0.4, 0.5) is 9.93 Å². The zero-order chi connectivity index (χ0) is 24.5. The predicted molar refractivity (Wildman–Crippen MR) is 132 cm³/mol. The van der Waals surface area contributed by atoms with Crippen LogP contribution in [0.1, 0.15) is 45.3 Å². The molecule has 2 aromatic carbocycles.